The maximum absolute atomic E-state index is 12.6. The molecule has 0 heterocycles. The monoisotopic (exact) mass is 512 g/mol. The lowest BCUT2D eigenvalue weighted by molar-refractivity contribution is -0.124. The predicted molar refractivity (Wildman–Crippen MR) is 143 cm³/mol. The van der Waals surface area contributed by atoms with Gasteiger partial charge < -0.3 is 14.7 Å². The minimum Gasteiger partial charge on any atom is -0.455 e. The van der Waals surface area contributed by atoms with Crippen LogP contribution in [0.15, 0.2) is 24.3 Å². The van der Waals surface area contributed by atoms with Crippen LogP contribution >= 0.6 is 0 Å². The molecule has 0 spiro atoms. The molecule has 0 aromatic rings. The van der Waals surface area contributed by atoms with Gasteiger partial charge in [-0.2, -0.15) is 0 Å². The molecule has 0 aromatic heterocycles. The van der Waals surface area contributed by atoms with E-state index in [1.54, 1.807) is 0 Å². The number of nitrogens with one attached hydrogen (secondary N) is 2. The number of amides is 2. The van der Waals surface area contributed by atoms with Gasteiger partial charge in [-0.25, -0.2) is 0 Å². The summed E-state index contributed by atoms with van der Waals surface area (Å²) in [7, 11) is -3.53. The molecule has 8 unspecified atom stereocenters. The highest BCUT2D eigenvalue weighted by molar-refractivity contribution is 6.84. The third kappa shape index (κ3) is 4.54. The summed E-state index contributed by atoms with van der Waals surface area (Å²) in [6.07, 6.45) is 14.0. The van der Waals surface area contributed by atoms with E-state index in [2.05, 4.69) is 61.1 Å². The molecule has 4 bridgehead atoms. The van der Waals surface area contributed by atoms with Crippen molar-refractivity contribution in [1.82, 2.24) is 10.6 Å². The second-order valence-corrected chi connectivity index (χ2v) is 22.5. The summed E-state index contributed by atoms with van der Waals surface area (Å²) >= 11 is 0. The van der Waals surface area contributed by atoms with Gasteiger partial charge >= 0.3 is 0 Å². The molecule has 5 nitrogen and oxygen atoms in total. The minimum atomic E-state index is -1.76. The maximum atomic E-state index is 12.6. The van der Waals surface area contributed by atoms with Crippen LogP contribution in [0.5, 0.6) is 0 Å². The number of fused-ring (bicyclic) bond motifs is 10. The van der Waals surface area contributed by atoms with Crippen LogP contribution in [-0.4, -0.2) is 41.5 Å². The third-order valence-corrected chi connectivity index (χ3v) is 17.7. The summed E-state index contributed by atoms with van der Waals surface area (Å²) in [5.41, 5.74) is 0. The Kier molecular flexibility index (Phi) is 6.00. The molecule has 0 radical (unpaired) electrons. The van der Waals surface area contributed by atoms with E-state index in [-0.39, 0.29) is 11.8 Å². The van der Waals surface area contributed by atoms with Gasteiger partial charge in [0.15, 0.2) is 16.6 Å². The molecular formula is C28H44N2O3Si2. The van der Waals surface area contributed by atoms with Crippen molar-refractivity contribution in [1.29, 1.82) is 0 Å². The molecule has 35 heavy (non-hydrogen) atoms. The summed E-state index contributed by atoms with van der Waals surface area (Å²) < 4.78 is 6.79. The molecule has 6 aliphatic carbocycles. The Morgan fingerprint density at radius 1 is 0.686 bits per heavy atom. The van der Waals surface area contributed by atoms with Crippen LogP contribution in [0.3, 0.4) is 0 Å². The number of carbonyl (C=O) groups is 2. The highest BCUT2D eigenvalue weighted by Crippen LogP contribution is 2.67. The Hall–Kier alpha value is -1.19. The summed E-state index contributed by atoms with van der Waals surface area (Å²) in [4.78, 5) is 25.3. The van der Waals surface area contributed by atoms with E-state index in [1.807, 2.05) is 0 Å². The van der Waals surface area contributed by atoms with E-state index >= 15 is 0 Å². The fraction of sp³-hybridized carbons (Fsp3) is 0.786. The van der Waals surface area contributed by atoms with Crippen molar-refractivity contribution in [2.24, 2.45) is 59.2 Å². The quantitative estimate of drug-likeness (QED) is 0.229. The second kappa shape index (κ2) is 8.69. The molecule has 2 amide bonds. The number of allylic oxidation sites excluding steroid dienone is 4. The van der Waals surface area contributed by atoms with Gasteiger partial charge in [0, 0.05) is 24.9 Å². The molecule has 0 saturated heterocycles. The zero-order valence-corrected chi connectivity index (χ0v) is 24.0. The fourth-order valence-electron chi connectivity index (χ4n) is 8.82. The Bertz CT molecular complexity index is 836. The fourth-order valence-corrected chi connectivity index (χ4v) is 17.7. The molecule has 4 fully saturated rings. The molecular weight excluding hydrogens is 468 g/mol. The smallest absolute Gasteiger partial charge is 0.223 e. The van der Waals surface area contributed by atoms with Crippen LogP contribution in [0.4, 0.5) is 0 Å². The first-order valence-electron chi connectivity index (χ1n) is 14.3. The van der Waals surface area contributed by atoms with E-state index in [1.165, 1.54) is 12.8 Å². The summed E-state index contributed by atoms with van der Waals surface area (Å²) in [5, 5.41) is 6.47. The molecule has 0 aliphatic heterocycles. The molecule has 0 aromatic carbocycles. The molecule has 8 atom stereocenters. The van der Waals surface area contributed by atoms with Crippen LogP contribution < -0.4 is 10.6 Å². The minimum absolute atomic E-state index is 0.286. The van der Waals surface area contributed by atoms with Gasteiger partial charge in [-0.3, -0.25) is 9.59 Å². The van der Waals surface area contributed by atoms with E-state index in [0.717, 1.165) is 38.0 Å². The highest BCUT2D eigenvalue weighted by Gasteiger charge is 2.66. The first-order valence-corrected chi connectivity index (χ1v) is 20.5. The Labute approximate surface area is 213 Å². The number of carbonyl (C=O) groups excluding carboxylic acids is 2. The Balaban J connectivity index is 0.847. The SMILES string of the molecule is C[Si](C)(CCCNC(=O)C1C2C3C=CC(C3)C12)O[Si](C)(C)CCCNC(=O)C1C2C3C=CC(C3)C12. The van der Waals surface area contributed by atoms with E-state index in [0.29, 0.717) is 59.2 Å². The first kappa shape index (κ1) is 24.2. The molecule has 192 valence electrons. The average Bonchev–Trinajstić information content (AvgIpc) is 3.45. The largest absolute Gasteiger partial charge is 0.455 e. The molecule has 4 saturated carbocycles. The lowest BCUT2D eigenvalue weighted by atomic mass is 10.0. The summed E-state index contributed by atoms with van der Waals surface area (Å²) in [6, 6.07) is 2.18. The van der Waals surface area contributed by atoms with Gasteiger partial charge in [-0.15, -0.1) is 0 Å². The molecule has 6 rings (SSSR count). The predicted octanol–water partition coefficient (Wildman–Crippen LogP) is 4.56. The van der Waals surface area contributed by atoms with E-state index in [9.17, 15) is 9.59 Å². The standard InChI is InChI=1S/C28H44N2O3Si2/c1-34(2,13-5-11-29-27(31)25-21-17-7-8-18(15-17)22(21)25)33-35(3,4)14-6-12-30-28(32)26-23-19-9-10-20(16-19)24(23)26/h7-10,17-26H,5-6,11-16H2,1-4H3,(H,29,31)(H,30,32). The normalized spacial score (nSPS) is 41.1. The molecule has 6 aliphatic rings. The third-order valence-electron chi connectivity index (χ3n) is 10.2. The first-order chi connectivity index (χ1) is 16.7. The maximum Gasteiger partial charge on any atom is 0.223 e. The van der Waals surface area contributed by atoms with E-state index in [4.69, 9.17) is 4.12 Å². The van der Waals surface area contributed by atoms with Gasteiger partial charge in [-0.1, -0.05) is 24.3 Å². The van der Waals surface area contributed by atoms with Crippen molar-refractivity contribution in [2.45, 2.75) is 64.0 Å². The zero-order valence-electron chi connectivity index (χ0n) is 22.0. The highest BCUT2D eigenvalue weighted by atomic mass is 28.4. The van der Waals surface area contributed by atoms with Gasteiger partial charge in [0.05, 0.1) is 0 Å². The van der Waals surface area contributed by atoms with Gasteiger partial charge in [0.25, 0.3) is 0 Å². The van der Waals surface area contributed by atoms with Crippen molar-refractivity contribution >= 4 is 28.4 Å². The van der Waals surface area contributed by atoms with Crippen LogP contribution in [0.25, 0.3) is 0 Å². The number of hydrogen-bond donors (Lipinski definition) is 2. The van der Waals surface area contributed by atoms with Crippen LogP contribution in [-0.2, 0) is 13.7 Å². The lowest BCUT2D eigenvalue weighted by Crippen LogP contribution is -2.45. The van der Waals surface area contributed by atoms with Crippen molar-refractivity contribution < 1.29 is 13.7 Å². The van der Waals surface area contributed by atoms with Gasteiger partial charge in [0.1, 0.15) is 0 Å². The van der Waals surface area contributed by atoms with Crippen molar-refractivity contribution in [3.05, 3.63) is 24.3 Å². The average molecular weight is 513 g/mol. The summed E-state index contributed by atoms with van der Waals surface area (Å²) in [5.74, 6) is 6.48. The van der Waals surface area contributed by atoms with Crippen molar-refractivity contribution in [3.63, 3.8) is 0 Å². The summed E-state index contributed by atoms with van der Waals surface area (Å²) in [6.45, 7) is 10.9. The molecule has 2 N–H and O–H groups in total. The molecule has 7 heteroatoms. The zero-order chi connectivity index (χ0) is 24.5. The van der Waals surface area contributed by atoms with Crippen molar-refractivity contribution in [3.8, 4) is 0 Å². The number of hydrogen-bond acceptors (Lipinski definition) is 3. The Morgan fingerprint density at radius 3 is 1.37 bits per heavy atom. The topological polar surface area (TPSA) is 67.4 Å². The van der Waals surface area contributed by atoms with Gasteiger partial charge in [0.2, 0.25) is 11.8 Å². The van der Waals surface area contributed by atoms with Crippen LogP contribution in [0.1, 0.15) is 25.7 Å². The van der Waals surface area contributed by atoms with Crippen molar-refractivity contribution in [2.75, 3.05) is 13.1 Å². The Morgan fingerprint density at radius 2 is 1.03 bits per heavy atom. The lowest BCUT2D eigenvalue weighted by Gasteiger charge is -2.34. The van der Waals surface area contributed by atoms with E-state index < -0.39 is 16.6 Å². The van der Waals surface area contributed by atoms with Crippen LogP contribution in [0.2, 0.25) is 38.3 Å². The van der Waals surface area contributed by atoms with Crippen LogP contribution in [0, 0.1) is 59.2 Å². The second-order valence-electron chi connectivity index (χ2n) is 13.7. The number of rotatable bonds is 12. The van der Waals surface area contributed by atoms with Gasteiger partial charge in [-0.05, 0) is 111 Å².